The summed E-state index contributed by atoms with van der Waals surface area (Å²) in [6.45, 7) is 0. The van der Waals surface area contributed by atoms with E-state index >= 15 is 0 Å². The van der Waals surface area contributed by atoms with Crippen LogP contribution in [0.5, 0.6) is 0 Å². The molecule has 1 saturated carbocycles. The number of rotatable bonds is 6. The van der Waals surface area contributed by atoms with Crippen LogP contribution in [0.2, 0.25) is 15.1 Å². The van der Waals surface area contributed by atoms with E-state index in [0.717, 1.165) is 28.4 Å². The van der Waals surface area contributed by atoms with Crippen molar-refractivity contribution in [3.05, 3.63) is 97.7 Å². The second-order valence-electron chi connectivity index (χ2n) is 9.00. The molecule has 0 bridgehead atoms. The highest BCUT2D eigenvalue weighted by molar-refractivity contribution is 9.10. The normalized spacial score (nSPS) is 15.0. The molecule has 1 unspecified atom stereocenters. The highest BCUT2D eigenvalue weighted by atomic mass is 79.9. The summed E-state index contributed by atoms with van der Waals surface area (Å²) in [5, 5.41) is 15.1. The van der Waals surface area contributed by atoms with E-state index in [-0.39, 0.29) is 11.3 Å². The Labute approximate surface area is 244 Å². The molecule has 0 radical (unpaired) electrons. The van der Waals surface area contributed by atoms with Crippen LogP contribution in [0.25, 0.3) is 28.5 Å². The average Bonchev–Trinajstić information content (AvgIpc) is 3.37. The molecule has 3 aromatic carbocycles. The summed E-state index contributed by atoms with van der Waals surface area (Å²) in [6.07, 6.45) is 3.35. The fourth-order valence-corrected chi connectivity index (χ4v) is 6.29. The van der Waals surface area contributed by atoms with Crippen molar-refractivity contribution in [1.29, 1.82) is 0 Å². The number of hydrogen-bond acceptors (Lipinski definition) is 5. The number of halogens is 4. The number of nitrogens with zero attached hydrogens (tertiary/aromatic N) is 4. The summed E-state index contributed by atoms with van der Waals surface area (Å²) in [7, 11) is -1.46. The molecule has 0 N–H and O–H groups in total. The van der Waals surface area contributed by atoms with Gasteiger partial charge in [-0.05, 0) is 60.9 Å². The predicted octanol–water partition coefficient (Wildman–Crippen LogP) is 8.13. The van der Waals surface area contributed by atoms with Gasteiger partial charge in [0, 0.05) is 26.3 Å². The maximum absolute atomic E-state index is 13.2. The van der Waals surface area contributed by atoms with Gasteiger partial charge in [0.15, 0.2) is 5.69 Å². The molecule has 0 saturated heterocycles. The van der Waals surface area contributed by atoms with E-state index in [4.69, 9.17) is 44.3 Å². The highest BCUT2D eigenvalue weighted by Gasteiger charge is 2.51. The monoisotopic (exact) mass is 646 g/mol. The lowest BCUT2D eigenvalue weighted by molar-refractivity contribution is 0.470. The quantitative estimate of drug-likeness (QED) is 0.186. The Hall–Kier alpha value is -2.49. The van der Waals surface area contributed by atoms with E-state index < -0.39 is 10.8 Å². The van der Waals surface area contributed by atoms with Gasteiger partial charge in [0.05, 0.1) is 37.5 Å². The van der Waals surface area contributed by atoms with Gasteiger partial charge in [-0.15, -0.1) is 10.2 Å². The Bertz CT molecular complexity index is 1700. The molecule has 6 nitrogen and oxygen atoms in total. The lowest BCUT2D eigenvalue weighted by atomic mass is 9.96. The molecule has 6 rings (SSSR count). The zero-order valence-corrected chi connectivity index (χ0v) is 24.5. The summed E-state index contributed by atoms with van der Waals surface area (Å²) in [5.41, 5.74) is 3.01. The van der Waals surface area contributed by atoms with Gasteiger partial charge in [0.2, 0.25) is 5.89 Å². The SMILES string of the molecule is CS(=O)c1c(-c2nnc(C3(c4ccc(Cl)cc4)CC3)o2)nn(-c2ccc(Cl)cc2Cl)c1-c1ccc(Br)cc1. The highest BCUT2D eigenvalue weighted by Crippen LogP contribution is 2.53. The van der Waals surface area contributed by atoms with Gasteiger partial charge in [-0.3, -0.25) is 4.21 Å². The molecule has 1 aliphatic carbocycles. The first-order valence-corrected chi connectivity index (χ1v) is 15.0. The Morgan fingerprint density at radius 3 is 2.26 bits per heavy atom. The van der Waals surface area contributed by atoms with Crippen LogP contribution in [0.4, 0.5) is 0 Å². The number of benzene rings is 3. The van der Waals surface area contributed by atoms with Crippen molar-refractivity contribution in [3.8, 4) is 28.5 Å². The van der Waals surface area contributed by atoms with Gasteiger partial charge in [-0.2, -0.15) is 5.10 Å². The van der Waals surface area contributed by atoms with Gasteiger partial charge >= 0.3 is 0 Å². The molecule has 2 aromatic heterocycles. The molecule has 2 heterocycles. The molecule has 1 atom stereocenters. The van der Waals surface area contributed by atoms with Crippen LogP contribution in [-0.2, 0) is 16.2 Å². The Morgan fingerprint density at radius 1 is 0.947 bits per heavy atom. The summed E-state index contributed by atoms with van der Waals surface area (Å²) >= 11 is 22.3. The minimum absolute atomic E-state index is 0.188. The smallest absolute Gasteiger partial charge is 0.269 e. The number of aromatic nitrogens is 4. The third-order valence-corrected chi connectivity index (χ3v) is 8.85. The van der Waals surface area contributed by atoms with Gasteiger partial charge in [-0.1, -0.05) is 75.0 Å². The molecule has 5 aromatic rings. The maximum atomic E-state index is 13.2. The lowest BCUT2D eigenvalue weighted by Crippen LogP contribution is -2.08. The van der Waals surface area contributed by atoms with Crippen LogP contribution in [0.1, 0.15) is 24.3 Å². The fraction of sp³-hybridized carbons (Fsp3) is 0.148. The van der Waals surface area contributed by atoms with E-state index in [1.165, 1.54) is 0 Å². The van der Waals surface area contributed by atoms with Crippen molar-refractivity contribution in [2.24, 2.45) is 0 Å². The maximum Gasteiger partial charge on any atom is 0.269 e. The van der Waals surface area contributed by atoms with Crippen LogP contribution >= 0.6 is 50.7 Å². The van der Waals surface area contributed by atoms with Crippen molar-refractivity contribution in [2.75, 3.05) is 6.26 Å². The largest absolute Gasteiger partial charge is 0.418 e. The second-order valence-corrected chi connectivity index (χ2v) is 12.5. The minimum atomic E-state index is -1.46. The Kier molecular flexibility index (Phi) is 6.73. The van der Waals surface area contributed by atoms with Gasteiger partial charge in [0.25, 0.3) is 5.89 Å². The lowest BCUT2D eigenvalue weighted by Gasteiger charge is -2.11. The molecule has 11 heteroatoms. The second kappa shape index (κ2) is 9.92. The molecule has 0 spiro atoms. The molecule has 0 amide bonds. The molecule has 1 aliphatic rings. The standard InChI is InChI=1S/C27H18BrCl3N4O2S/c1-38(36)24-22(25-32-33-26(37-25)27(12-13-27)16-4-8-18(29)9-5-16)34-35(21-11-10-19(30)14-20(21)31)23(24)15-2-6-17(28)7-3-15/h2-11,14H,12-13H2,1H3. The zero-order valence-electron chi connectivity index (χ0n) is 19.8. The van der Waals surface area contributed by atoms with Crippen molar-refractivity contribution in [2.45, 2.75) is 23.2 Å². The molecule has 1 fully saturated rings. The molecular formula is C27H18BrCl3N4O2S. The van der Waals surface area contributed by atoms with Crippen LogP contribution in [0, 0.1) is 0 Å². The first-order chi connectivity index (χ1) is 18.3. The van der Waals surface area contributed by atoms with Crippen molar-refractivity contribution in [1.82, 2.24) is 20.0 Å². The van der Waals surface area contributed by atoms with E-state index in [2.05, 4.69) is 26.1 Å². The van der Waals surface area contributed by atoms with E-state index in [9.17, 15) is 4.21 Å². The summed E-state index contributed by atoms with van der Waals surface area (Å²) in [5.74, 6) is 0.680. The van der Waals surface area contributed by atoms with Crippen LogP contribution in [0.15, 0.2) is 80.5 Å². The molecular weight excluding hydrogens is 631 g/mol. The fourth-order valence-electron chi connectivity index (χ4n) is 4.54. The van der Waals surface area contributed by atoms with E-state index in [1.807, 2.05) is 48.5 Å². The van der Waals surface area contributed by atoms with Crippen LogP contribution in [0.3, 0.4) is 0 Å². The van der Waals surface area contributed by atoms with Gasteiger partial charge in [-0.25, -0.2) is 4.68 Å². The summed E-state index contributed by atoms with van der Waals surface area (Å²) in [4.78, 5) is 0.463. The van der Waals surface area contributed by atoms with Crippen molar-refractivity contribution >= 4 is 61.5 Å². The van der Waals surface area contributed by atoms with Crippen LogP contribution < -0.4 is 0 Å². The Balaban J connectivity index is 1.54. The van der Waals surface area contributed by atoms with E-state index in [0.29, 0.717) is 42.9 Å². The molecule has 0 aliphatic heterocycles. The summed E-state index contributed by atoms with van der Waals surface area (Å²) in [6, 6.07) is 20.5. The first kappa shape index (κ1) is 25.8. The van der Waals surface area contributed by atoms with Gasteiger partial charge < -0.3 is 4.42 Å². The topological polar surface area (TPSA) is 73.8 Å². The van der Waals surface area contributed by atoms with Gasteiger partial charge in [0.1, 0.15) is 0 Å². The average molecular weight is 649 g/mol. The molecule has 192 valence electrons. The zero-order chi connectivity index (χ0) is 26.6. The van der Waals surface area contributed by atoms with Crippen molar-refractivity contribution in [3.63, 3.8) is 0 Å². The first-order valence-electron chi connectivity index (χ1n) is 11.5. The van der Waals surface area contributed by atoms with E-state index in [1.54, 1.807) is 29.1 Å². The predicted molar refractivity (Wildman–Crippen MR) is 154 cm³/mol. The Morgan fingerprint density at radius 2 is 1.63 bits per heavy atom. The van der Waals surface area contributed by atoms with Crippen LogP contribution in [-0.4, -0.2) is 30.4 Å². The molecule has 38 heavy (non-hydrogen) atoms. The third-order valence-electron chi connectivity index (χ3n) is 6.57. The summed E-state index contributed by atoms with van der Waals surface area (Å²) < 4.78 is 22.1. The number of hydrogen-bond donors (Lipinski definition) is 0. The van der Waals surface area contributed by atoms with Crippen molar-refractivity contribution < 1.29 is 8.63 Å². The third kappa shape index (κ3) is 4.52. The minimum Gasteiger partial charge on any atom is -0.418 e.